The van der Waals surface area contributed by atoms with E-state index in [-0.39, 0.29) is 18.1 Å². The standard InChI is InChI=1S/C16H21NO5/c1-4-5-8-22-16(20)14(17-11(2)18)9-12-6-7-13(21-3)10-15(12)19/h6-7,9-10,19H,4-5,8H2,1-3H3,(H,17,18)/b14-9-. The number of rotatable bonds is 7. The highest BCUT2D eigenvalue weighted by molar-refractivity contribution is 5.97. The van der Waals surface area contributed by atoms with Gasteiger partial charge in [-0.15, -0.1) is 0 Å². The maximum atomic E-state index is 12.0. The van der Waals surface area contributed by atoms with Crippen molar-refractivity contribution in [1.29, 1.82) is 0 Å². The van der Waals surface area contributed by atoms with Gasteiger partial charge >= 0.3 is 5.97 Å². The molecule has 0 heterocycles. The van der Waals surface area contributed by atoms with E-state index in [1.807, 2.05) is 6.92 Å². The molecule has 1 rings (SSSR count). The van der Waals surface area contributed by atoms with Crippen molar-refractivity contribution in [2.24, 2.45) is 0 Å². The van der Waals surface area contributed by atoms with Crippen molar-refractivity contribution in [2.45, 2.75) is 26.7 Å². The molecule has 0 saturated carbocycles. The second-order valence-corrected chi connectivity index (χ2v) is 4.65. The Morgan fingerprint density at radius 2 is 2.09 bits per heavy atom. The maximum absolute atomic E-state index is 12.0. The number of phenolic OH excluding ortho intramolecular Hbond substituents is 1. The Kier molecular flexibility index (Phi) is 6.95. The highest BCUT2D eigenvalue weighted by Crippen LogP contribution is 2.25. The van der Waals surface area contributed by atoms with Gasteiger partial charge in [0.15, 0.2) is 0 Å². The highest BCUT2D eigenvalue weighted by atomic mass is 16.5. The summed E-state index contributed by atoms with van der Waals surface area (Å²) >= 11 is 0. The van der Waals surface area contributed by atoms with Gasteiger partial charge in [-0.3, -0.25) is 4.79 Å². The third-order valence-corrected chi connectivity index (χ3v) is 2.80. The summed E-state index contributed by atoms with van der Waals surface area (Å²) < 4.78 is 10.1. The number of esters is 1. The van der Waals surface area contributed by atoms with Crippen LogP contribution in [0.5, 0.6) is 11.5 Å². The van der Waals surface area contributed by atoms with E-state index in [1.54, 1.807) is 12.1 Å². The zero-order chi connectivity index (χ0) is 16.5. The average Bonchev–Trinajstić information content (AvgIpc) is 2.48. The second kappa shape index (κ2) is 8.71. The molecule has 22 heavy (non-hydrogen) atoms. The van der Waals surface area contributed by atoms with Crippen molar-refractivity contribution >= 4 is 18.0 Å². The lowest BCUT2D eigenvalue weighted by atomic mass is 10.1. The van der Waals surface area contributed by atoms with Crippen LogP contribution < -0.4 is 10.1 Å². The third kappa shape index (κ3) is 5.47. The summed E-state index contributed by atoms with van der Waals surface area (Å²) in [5, 5.41) is 12.3. The Labute approximate surface area is 129 Å². The fourth-order valence-electron chi connectivity index (χ4n) is 1.65. The lowest BCUT2D eigenvalue weighted by Crippen LogP contribution is -2.26. The predicted octanol–water partition coefficient (Wildman–Crippen LogP) is 2.22. The Morgan fingerprint density at radius 3 is 2.64 bits per heavy atom. The third-order valence-electron chi connectivity index (χ3n) is 2.80. The van der Waals surface area contributed by atoms with E-state index in [9.17, 15) is 14.7 Å². The molecule has 0 aromatic heterocycles. The van der Waals surface area contributed by atoms with E-state index in [4.69, 9.17) is 9.47 Å². The average molecular weight is 307 g/mol. The van der Waals surface area contributed by atoms with Crippen LogP contribution in [0.3, 0.4) is 0 Å². The molecule has 0 aliphatic carbocycles. The molecule has 0 atom stereocenters. The Bertz CT molecular complexity index is 566. The molecule has 0 spiro atoms. The minimum Gasteiger partial charge on any atom is -0.507 e. The monoisotopic (exact) mass is 307 g/mol. The minimum absolute atomic E-state index is 0.0240. The fraction of sp³-hybridized carbons (Fsp3) is 0.375. The normalized spacial score (nSPS) is 11.0. The number of unbranched alkanes of at least 4 members (excludes halogenated alkanes) is 1. The molecule has 0 radical (unpaired) electrons. The zero-order valence-electron chi connectivity index (χ0n) is 13.0. The van der Waals surface area contributed by atoms with Gasteiger partial charge in [0.05, 0.1) is 13.7 Å². The van der Waals surface area contributed by atoms with Crippen molar-refractivity contribution in [2.75, 3.05) is 13.7 Å². The van der Waals surface area contributed by atoms with Crippen molar-refractivity contribution in [3.63, 3.8) is 0 Å². The van der Waals surface area contributed by atoms with E-state index in [0.29, 0.717) is 11.3 Å². The van der Waals surface area contributed by atoms with Crippen LogP contribution in [0.4, 0.5) is 0 Å². The number of aromatic hydroxyl groups is 1. The molecule has 0 bridgehead atoms. The van der Waals surface area contributed by atoms with Crippen LogP contribution >= 0.6 is 0 Å². The molecule has 6 nitrogen and oxygen atoms in total. The molecule has 1 aromatic carbocycles. The largest absolute Gasteiger partial charge is 0.507 e. The molecule has 120 valence electrons. The van der Waals surface area contributed by atoms with Crippen molar-refractivity contribution in [1.82, 2.24) is 5.32 Å². The predicted molar refractivity (Wildman–Crippen MR) is 82.3 cm³/mol. The fourth-order valence-corrected chi connectivity index (χ4v) is 1.65. The Hall–Kier alpha value is -2.50. The van der Waals surface area contributed by atoms with E-state index >= 15 is 0 Å². The molecule has 1 amide bonds. The number of carbonyl (C=O) groups excluding carboxylic acids is 2. The molecule has 0 unspecified atom stereocenters. The SMILES string of the molecule is CCCCOC(=O)/C(=C/c1ccc(OC)cc1O)NC(C)=O. The molecular formula is C16H21NO5. The molecular weight excluding hydrogens is 286 g/mol. The first-order valence-corrected chi connectivity index (χ1v) is 7.01. The number of nitrogens with one attached hydrogen (secondary N) is 1. The van der Waals surface area contributed by atoms with Crippen LogP contribution in [0.15, 0.2) is 23.9 Å². The first kappa shape index (κ1) is 17.6. The first-order chi connectivity index (χ1) is 10.5. The van der Waals surface area contributed by atoms with Crippen LogP contribution in [-0.2, 0) is 14.3 Å². The van der Waals surface area contributed by atoms with Crippen LogP contribution in [-0.4, -0.2) is 30.7 Å². The molecule has 1 aromatic rings. The molecule has 0 aliphatic rings. The molecule has 0 saturated heterocycles. The van der Waals surface area contributed by atoms with E-state index < -0.39 is 11.9 Å². The van der Waals surface area contributed by atoms with Gasteiger partial charge in [-0.05, 0) is 24.6 Å². The number of benzene rings is 1. The first-order valence-electron chi connectivity index (χ1n) is 7.01. The van der Waals surface area contributed by atoms with Gasteiger partial charge in [0.25, 0.3) is 0 Å². The van der Waals surface area contributed by atoms with Crippen LogP contribution in [0, 0.1) is 0 Å². The van der Waals surface area contributed by atoms with E-state index in [1.165, 1.54) is 26.2 Å². The van der Waals surface area contributed by atoms with Gasteiger partial charge in [-0.25, -0.2) is 4.79 Å². The van der Waals surface area contributed by atoms with Gasteiger partial charge in [0, 0.05) is 18.6 Å². The van der Waals surface area contributed by atoms with E-state index in [2.05, 4.69) is 5.32 Å². The van der Waals surface area contributed by atoms with Crippen LogP contribution in [0.1, 0.15) is 32.3 Å². The van der Waals surface area contributed by atoms with Gasteiger partial charge < -0.3 is 19.9 Å². The summed E-state index contributed by atoms with van der Waals surface area (Å²) in [6.07, 6.45) is 3.00. The second-order valence-electron chi connectivity index (χ2n) is 4.65. The number of methoxy groups -OCH3 is 1. The maximum Gasteiger partial charge on any atom is 0.354 e. The number of amides is 1. The molecule has 0 fully saturated rings. The summed E-state index contributed by atoms with van der Waals surface area (Å²) in [7, 11) is 1.48. The summed E-state index contributed by atoms with van der Waals surface area (Å²) in [5.74, 6) is -0.615. The highest BCUT2D eigenvalue weighted by Gasteiger charge is 2.14. The lowest BCUT2D eigenvalue weighted by Gasteiger charge is -2.09. The number of hydrogen-bond acceptors (Lipinski definition) is 5. The van der Waals surface area contributed by atoms with E-state index in [0.717, 1.165) is 12.8 Å². The summed E-state index contributed by atoms with van der Waals surface area (Å²) in [4.78, 5) is 23.2. The van der Waals surface area contributed by atoms with Crippen molar-refractivity contribution in [3.05, 3.63) is 29.5 Å². The van der Waals surface area contributed by atoms with Gasteiger partial charge in [-0.2, -0.15) is 0 Å². The molecule has 6 heteroatoms. The number of hydrogen-bond donors (Lipinski definition) is 2. The molecule has 2 N–H and O–H groups in total. The number of ether oxygens (including phenoxy) is 2. The van der Waals surface area contributed by atoms with Crippen molar-refractivity contribution in [3.8, 4) is 11.5 Å². The summed E-state index contributed by atoms with van der Waals surface area (Å²) in [5.41, 5.74) is 0.348. The summed E-state index contributed by atoms with van der Waals surface area (Å²) in [6.45, 7) is 3.55. The Morgan fingerprint density at radius 1 is 1.36 bits per heavy atom. The zero-order valence-corrected chi connectivity index (χ0v) is 13.0. The molecule has 0 aliphatic heterocycles. The van der Waals surface area contributed by atoms with Crippen LogP contribution in [0.2, 0.25) is 0 Å². The summed E-state index contributed by atoms with van der Waals surface area (Å²) in [6, 6.07) is 4.63. The number of phenols is 1. The van der Waals surface area contributed by atoms with Gasteiger partial charge in [0.1, 0.15) is 17.2 Å². The van der Waals surface area contributed by atoms with Gasteiger partial charge in [-0.1, -0.05) is 13.3 Å². The number of carbonyl (C=O) groups is 2. The Balaban J connectivity index is 2.99. The lowest BCUT2D eigenvalue weighted by molar-refractivity contribution is -0.140. The van der Waals surface area contributed by atoms with Crippen molar-refractivity contribution < 1.29 is 24.2 Å². The smallest absolute Gasteiger partial charge is 0.354 e. The van der Waals surface area contributed by atoms with Crippen LogP contribution in [0.25, 0.3) is 6.08 Å². The topological polar surface area (TPSA) is 84.9 Å². The van der Waals surface area contributed by atoms with Gasteiger partial charge in [0.2, 0.25) is 5.91 Å². The quantitative estimate of drug-likeness (QED) is 0.458. The minimum atomic E-state index is -0.640.